The third-order valence-electron chi connectivity index (χ3n) is 14.3. The van der Waals surface area contributed by atoms with Crippen molar-refractivity contribution in [2.24, 2.45) is 0 Å². The number of anilines is 6. The quantitative estimate of drug-likeness (QED) is 0.142. The number of hydrogen-bond acceptors (Lipinski definition) is 3. The fraction of sp³-hybridized carbons (Fsp3) is 0.0462. The molecule has 0 fully saturated rings. The lowest BCUT2D eigenvalue weighted by Crippen LogP contribution is -2.17. The summed E-state index contributed by atoms with van der Waals surface area (Å²) in [5.74, 6) is -0.706. The molecule has 12 aromatic rings. The SMILES string of the molecule is CC1(C)c2cc(N(c3ccc(-c4ccccc4)cc3)c3ccccc3F)c3oc4ccc(N(c5ccc(-c6ccccc6)cc5)c5ccccc5F)cc4c3c2-c2c1c1ccccc1c1ccccc21. The molecule has 13 rings (SSSR count). The van der Waals surface area contributed by atoms with Crippen LogP contribution >= 0.6 is 0 Å². The van der Waals surface area contributed by atoms with Gasteiger partial charge in [0.1, 0.15) is 17.2 Å². The molecule has 70 heavy (non-hydrogen) atoms. The maximum atomic E-state index is 16.7. The Morgan fingerprint density at radius 1 is 0.371 bits per heavy atom. The van der Waals surface area contributed by atoms with Crippen molar-refractivity contribution >= 4 is 77.6 Å². The summed E-state index contributed by atoms with van der Waals surface area (Å²) in [6.07, 6.45) is 0. The molecule has 0 bridgehead atoms. The topological polar surface area (TPSA) is 19.6 Å². The van der Waals surface area contributed by atoms with Crippen LogP contribution < -0.4 is 9.80 Å². The van der Waals surface area contributed by atoms with Crippen molar-refractivity contribution in [3.05, 3.63) is 253 Å². The highest BCUT2D eigenvalue weighted by Gasteiger charge is 2.42. The molecule has 0 N–H and O–H groups in total. The Hall–Kier alpha value is -8.80. The largest absolute Gasteiger partial charge is 0.454 e. The van der Waals surface area contributed by atoms with E-state index in [0.717, 1.165) is 72.2 Å². The van der Waals surface area contributed by atoms with Crippen molar-refractivity contribution in [3.8, 4) is 33.4 Å². The molecule has 1 aliphatic rings. The van der Waals surface area contributed by atoms with Crippen LogP contribution in [0, 0.1) is 11.6 Å². The number of benzene rings is 11. The van der Waals surface area contributed by atoms with E-state index < -0.39 is 5.41 Å². The molecule has 0 unspecified atom stereocenters. The lowest BCUT2D eigenvalue weighted by molar-refractivity contribution is 0.628. The van der Waals surface area contributed by atoms with Gasteiger partial charge in [0.15, 0.2) is 5.58 Å². The van der Waals surface area contributed by atoms with E-state index in [0.29, 0.717) is 28.2 Å². The molecule has 0 saturated carbocycles. The number of furan rings is 1. The van der Waals surface area contributed by atoms with Gasteiger partial charge in [-0.15, -0.1) is 0 Å². The van der Waals surface area contributed by atoms with Gasteiger partial charge in [0.2, 0.25) is 0 Å². The van der Waals surface area contributed by atoms with Crippen molar-refractivity contribution in [2.45, 2.75) is 19.3 Å². The van der Waals surface area contributed by atoms with Gasteiger partial charge in [0, 0.05) is 33.2 Å². The first-order valence-electron chi connectivity index (χ1n) is 23.7. The van der Waals surface area contributed by atoms with Crippen molar-refractivity contribution in [3.63, 3.8) is 0 Å². The molecule has 11 aromatic carbocycles. The highest BCUT2D eigenvalue weighted by Crippen LogP contribution is 2.60. The first kappa shape index (κ1) is 41.4. The monoisotopic (exact) mass is 906 g/mol. The minimum Gasteiger partial charge on any atom is -0.454 e. The van der Waals surface area contributed by atoms with Crippen LogP contribution in [0.25, 0.3) is 76.9 Å². The van der Waals surface area contributed by atoms with Gasteiger partial charge in [-0.2, -0.15) is 0 Å². The Labute approximate surface area is 404 Å². The molecule has 1 aliphatic carbocycles. The van der Waals surface area contributed by atoms with E-state index in [4.69, 9.17) is 4.42 Å². The summed E-state index contributed by atoms with van der Waals surface area (Å²) in [4.78, 5) is 3.98. The van der Waals surface area contributed by atoms with E-state index in [2.05, 4.69) is 135 Å². The maximum absolute atomic E-state index is 16.7. The van der Waals surface area contributed by atoms with E-state index in [1.54, 1.807) is 12.1 Å². The zero-order chi connectivity index (χ0) is 47.1. The second-order valence-corrected chi connectivity index (χ2v) is 18.7. The lowest BCUT2D eigenvalue weighted by atomic mass is 9.79. The molecule has 1 aromatic heterocycles. The molecule has 0 amide bonds. The smallest absolute Gasteiger partial charge is 0.160 e. The lowest BCUT2D eigenvalue weighted by Gasteiger charge is -2.29. The van der Waals surface area contributed by atoms with Gasteiger partial charge in [-0.25, -0.2) is 8.78 Å². The van der Waals surface area contributed by atoms with Crippen LogP contribution in [0.1, 0.15) is 25.0 Å². The second kappa shape index (κ2) is 16.2. The molecule has 0 aliphatic heterocycles. The van der Waals surface area contributed by atoms with Gasteiger partial charge < -0.3 is 14.2 Å². The number of rotatable bonds is 8. The molecule has 5 heteroatoms. The summed E-state index contributed by atoms with van der Waals surface area (Å²) < 4.78 is 40.2. The summed E-state index contributed by atoms with van der Waals surface area (Å²) in [5, 5.41) is 6.47. The average molecular weight is 907 g/mol. The van der Waals surface area contributed by atoms with E-state index in [1.165, 1.54) is 33.9 Å². The normalized spacial score (nSPS) is 12.7. The predicted molar refractivity (Wildman–Crippen MR) is 286 cm³/mol. The fourth-order valence-corrected chi connectivity index (χ4v) is 11.1. The first-order valence-corrected chi connectivity index (χ1v) is 23.7. The van der Waals surface area contributed by atoms with E-state index in [9.17, 15) is 0 Å². The molecule has 0 radical (unpaired) electrons. The van der Waals surface area contributed by atoms with E-state index >= 15 is 8.78 Å². The molecule has 1 heterocycles. The number of halogens is 2. The minimum absolute atomic E-state index is 0.345. The first-order chi connectivity index (χ1) is 34.3. The minimum atomic E-state index is -0.518. The Balaban J connectivity index is 1.12. The summed E-state index contributed by atoms with van der Waals surface area (Å²) in [6.45, 7) is 4.62. The van der Waals surface area contributed by atoms with E-state index in [-0.39, 0.29) is 11.6 Å². The number of hydrogen-bond donors (Lipinski definition) is 0. The van der Waals surface area contributed by atoms with Crippen molar-refractivity contribution < 1.29 is 13.2 Å². The second-order valence-electron chi connectivity index (χ2n) is 18.7. The zero-order valence-corrected chi connectivity index (χ0v) is 38.5. The van der Waals surface area contributed by atoms with Gasteiger partial charge >= 0.3 is 0 Å². The number of nitrogens with zero attached hydrogens (tertiary/aromatic N) is 2. The fourth-order valence-electron chi connectivity index (χ4n) is 11.1. The molecule has 334 valence electrons. The third-order valence-corrected chi connectivity index (χ3v) is 14.3. The van der Waals surface area contributed by atoms with Crippen molar-refractivity contribution in [1.29, 1.82) is 0 Å². The summed E-state index contributed by atoms with van der Waals surface area (Å²) >= 11 is 0. The Kier molecular flexibility index (Phi) is 9.57. The van der Waals surface area contributed by atoms with Crippen molar-refractivity contribution in [2.75, 3.05) is 9.80 Å². The molecular weight excluding hydrogens is 863 g/mol. The van der Waals surface area contributed by atoms with Crippen LogP contribution in [0.15, 0.2) is 235 Å². The predicted octanol–water partition coefficient (Wildman–Crippen LogP) is 18.8. The average Bonchev–Trinajstić information content (AvgIpc) is 3.91. The maximum Gasteiger partial charge on any atom is 0.160 e. The summed E-state index contributed by atoms with van der Waals surface area (Å²) in [7, 11) is 0. The van der Waals surface area contributed by atoms with Gasteiger partial charge in [-0.3, -0.25) is 0 Å². The number of fused-ring (bicyclic) bond motifs is 12. The van der Waals surface area contributed by atoms with Crippen LogP contribution in [-0.4, -0.2) is 0 Å². The molecule has 0 saturated heterocycles. The van der Waals surface area contributed by atoms with Crippen LogP contribution in [0.4, 0.5) is 42.9 Å². The van der Waals surface area contributed by atoms with Crippen LogP contribution in [-0.2, 0) is 5.41 Å². The molecule has 0 spiro atoms. The highest BCUT2D eigenvalue weighted by atomic mass is 19.1. The van der Waals surface area contributed by atoms with Gasteiger partial charge in [0.05, 0.1) is 17.1 Å². The highest BCUT2D eigenvalue weighted by molar-refractivity contribution is 6.26. The van der Waals surface area contributed by atoms with E-state index in [1.807, 2.05) is 94.7 Å². The van der Waals surface area contributed by atoms with Crippen LogP contribution in [0.2, 0.25) is 0 Å². The third kappa shape index (κ3) is 6.46. The molecule has 3 nitrogen and oxygen atoms in total. The zero-order valence-electron chi connectivity index (χ0n) is 38.5. The molecular formula is C65H44F2N2O. The summed E-state index contributed by atoms with van der Waals surface area (Å²) in [5.41, 5.74) is 13.5. The van der Waals surface area contributed by atoms with Crippen LogP contribution in [0.5, 0.6) is 0 Å². The van der Waals surface area contributed by atoms with Crippen LogP contribution in [0.3, 0.4) is 0 Å². The number of para-hydroxylation sites is 2. The van der Waals surface area contributed by atoms with Gasteiger partial charge in [0.25, 0.3) is 0 Å². The van der Waals surface area contributed by atoms with Crippen molar-refractivity contribution in [1.82, 2.24) is 0 Å². The summed E-state index contributed by atoms with van der Waals surface area (Å²) in [6, 6.07) is 76.7. The van der Waals surface area contributed by atoms with Gasteiger partial charge in [-0.05, 0) is 139 Å². The Morgan fingerprint density at radius 2 is 0.829 bits per heavy atom. The molecule has 0 atom stereocenters. The standard InChI is InChI=1S/C65H44F2N2O/c1-65(2)53-40-58(69(57-28-16-14-26-55(57)67)46-35-31-44(32-36-46)42-19-7-4-8-20-42)64-61(62(53)60-50-23-11-9-21-48(50)49-22-10-12-24-51(49)63(60)65)52-39-47(37-38-59(52)70-64)68(56-27-15-13-25-54(56)66)45-33-29-43(30-34-45)41-17-5-3-6-18-41/h3-40H,1-2H3. The Bertz CT molecular complexity index is 3990. The van der Waals surface area contributed by atoms with Gasteiger partial charge in [-0.1, -0.05) is 172 Å². The Morgan fingerprint density at radius 3 is 1.41 bits per heavy atom.